The molecule has 0 unspecified atom stereocenters. The summed E-state index contributed by atoms with van der Waals surface area (Å²) < 4.78 is 21.8. The lowest BCUT2D eigenvalue weighted by Crippen LogP contribution is -2.49. The number of Topliss-reactive ketones (excluding diaryl/α,β-unsaturated/α-hetero) is 2. The smallest absolute Gasteiger partial charge is 0.411 e. The van der Waals surface area contributed by atoms with E-state index in [4.69, 9.17) is 18.9 Å². The minimum atomic E-state index is -0.776. The van der Waals surface area contributed by atoms with Crippen molar-refractivity contribution in [3.63, 3.8) is 0 Å². The molecule has 3 aliphatic carbocycles. The zero-order chi connectivity index (χ0) is 37.8. The summed E-state index contributed by atoms with van der Waals surface area (Å²) in [5.74, 6) is -1.59. The van der Waals surface area contributed by atoms with Crippen molar-refractivity contribution in [3.8, 4) is 0 Å². The molecule has 7 rings (SSSR count). The molecular formula is C41H50N2O10. The van der Waals surface area contributed by atoms with Gasteiger partial charge in [-0.05, 0) is 102 Å². The number of carbonyl (C=O) groups is 6. The van der Waals surface area contributed by atoms with Crippen molar-refractivity contribution in [2.45, 2.75) is 115 Å². The van der Waals surface area contributed by atoms with Crippen molar-refractivity contribution in [2.24, 2.45) is 5.41 Å². The molecule has 2 aliphatic heterocycles. The zero-order valence-electron chi connectivity index (χ0n) is 30.9. The third-order valence-corrected chi connectivity index (χ3v) is 11.5. The average Bonchev–Trinajstić information content (AvgIpc) is 3.87. The zero-order valence-corrected chi connectivity index (χ0v) is 30.9. The molecular weight excluding hydrogens is 680 g/mol. The highest BCUT2D eigenvalue weighted by Crippen LogP contribution is 2.58. The van der Waals surface area contributed by atoms with Gasteiger partial charge < -0.3 is 18.9 Å². The van der Waals surface area contributed by atoms with E-state index in [9.17, 15) is 28.8 Å². The molecule has 2 atom stereocenters. The number of ketones is 2. The maximum absolute atomic E-state index is 13.5. The van der Waals surface area contributed by atoms with Crippen LogP contribution in [-0.4, -0.2) is 89.5 Å². The summed E-state index contributed by atoms with van der Waals surface area (Å²) in [6.07, 6.45) is 5.54. The third kappa shape index (κ3) is 8.57. The van der Waals surface area contributed by atoms with Gasteiger partial charge in [0.05, 0.1) is 0 Å². The number of nitrogens with zero attached hydrogens (tertiary/aromatic N) is 2. The summed E-state index contributed by atoms with van der Waals surface area (Å²) in [5, 5.41) is 0. The number of hydrogen-bond acceptors (Lipinski definition) is 10. The second-order valence-corrected chi connectivity index (χ2v) is 15.9. The highest BCUT2D eigenvalue weighted by molar-refractivity contribution is 5.98. The highest BCUT2D eigenvalue weighted by atomic mass is 16.6. The Labute approximate surface area is 310 Å². The molecule has 2 bridgehead atoms. The molecule has 5 fully saturated rings. The standard InChI is InChI=1S/C41H50N2O10/c1-39(2,3)53-38(49)43-24-8-12-32(43)35(46)50-26-33(44)29-13-15-30(16-14-29)40-17-20-41(21-18-40,22-19-40)34(45)27-51-36(47)31-11-7-23-42(31)37(48)52-25-28-9-5-4-6-10-28/h4-6,9-10,13-16,31-32H,7-8,11-12,17-27H2,1-3H3/t31-,32-,40?,41?/m0/s1. The summed E-state index contributed by atoms with van der Waals surface area (Å²) in [6.45, 7) is 5.45. The molecule has 12 heteroatoms. The number of esters is 2. The van der Waals surface area contributed by atoms with Gasteiger partial charge in [-0.1, -0.05) is 54.6 Å². The molecule has 2 amide bonds. The maximum atomic E-state index is 13.5. The van der Waals surface area contributed by atoms with Gasteiger partial charge in [0.2, 0.25) is 0 Å². The monoisotopic (exact) mass is 730 g/mol. The Morgan fingerprint density at radius 1 is 0.679 bits per heavy atom. The Morgan fingerprint density at radius 3 is 1.79 bits per heavy atom. The summed E-state index contributed by atoms with van der Waals surface area (Å²) >= 11 is 0. The van der Waals surface area contributed by atoms with Crippen molar-refractivity contribution < 1.29 is 47.7 Å². The Kier molecular flexibility index (Phi) is 11.3. The second kappa shape index (κ2) is 15.7. The van der Waals surface area contributed by atoms with Crippen LogP contribution < -0.4 is 0 Å². The van der Waals surface area contributed by atoms with Gasteiger partial charge in [-0.15, -0.1) is 0 Å². The van der Waals surface area contributed by atoms with Crippen LogP contribution >= 0.6 is 0 Å². The van der Waals surface area contributed by atoms with Crippen LogP contribution in [-0.2, 0) is 45.4 Å². The van der Waals surface area contributed by atoms with Gasteiger partial charge in [-0.3, -0.25) is 19.4 Å². The minimum absolute atomic E-state index is 0.0716. The lowest BCUT2D eigenvalue weighted by atomic mass is 9.51. The van der Waals surface area contributed by atoms with Gasteiger partial charge in [-0.25, -0.2) is 19.2 Å². The van der Waals surface area contributed by atoms with Gasteiger partial charge in [0.15, 0.2) is 24.8 Å². The van der Waals surface area contributed by atoms with Crippen LogP contribution in [0.15, 0.2) is 54.6 Å². The molecule has 0 aromatic heterocycles. The number of ether oxygens (including phenoxy) is 4. The Bertz CT molecular complexity index is 1670. The first-order valence-electron chi connectivity index (χ1n) is 18.8. The Morgan fingerprint density at radius 2 is 1.23 bits per heavy atom. The van der Waals surface area contributed by atoms with E-state index in [0.717, 1.165) is 30.4 Å². The van der Waals surface area contributed by atoms with Crippen molar-refractivity contribution in [1.82, 2.24) is 9.80 Å². The van der Waals surface area contributed by atoms with Crippen LogP contribution in [0.2, 0.25) is 0 Å². The van der Waals surface area contributed by atoms with Crippen LogP contribution in [0.5, 0.6) is 0 Å². The van der Waals surface area contributed by atoms with Gasteiger partial charge >= 0.3 is 24.1 Å². The fourth-order valence-corrected chi connectivity index (χ4v) is 8.33. The first kappa shape index (κ1) is 38.0. The Hall–Kier alpha value is -4.74. The van der Waals surface area contributed by atoms with Crippen molar-refractivity contribution >= 4 is 35.7 Å². The van der Waals surface area contributed by atoms with Gasteiger partial charge in [0.1, 0.15) is 24.3 Å². The van der Waals surface area contributed by atoms with E-state index in [0.29, 0.717) is 63.6 Å². The molecule has 0 N–H and O–H groups in total. The quantitative estimate of drug-likeness (QED) is 0.146. The number of amides is 2. The molecule has 2 aromatic carbocycles. The van der Waals surface area contributed by atoms with E-state index in [2.05, 4.69) is 0 Å². The van der Waals surface area contributed by atoms with Crippen molar-refractivity contribution in [1.29, 1.82) is 0 Å². The average molecular weight is 731 g/mol. The van der Waals surface area contributed by atoms with Gasteiger partial charge in [0.25, 0.3) is 0 Å². The van der Waals surface area contributed by atoms with Gasteiger partial charge in [-0.2, -0.15) is 0 Å². The normalized spacial score (nSPS) is 25.1. The van der Waals surface area contributed by atoms with Crippen molar-refractivity contribution in [3.05, 3.63) is 71.3 Å². The molecule has 0 spiro atoms. The fourth-order valence-electron chi connectivity index (χ4n) is 8.33. The second-order valence-electron chi connectivity index (χ2n) is 15.9. The number of benzene rings is 2. The van der Waals surface area contributed by atoms with Crippen LogP contribution in [0, 0.1) is 5.41 Å². The molecule has 2 heterocycles. The summed E-state index contributed by atoms with van der Waals surface area (Å²) in [7, 11) is 0. The van der Waals surface area contributed by atoms with Crippen LogP contribution in [0.1, 0.15) is 106 Å². The number of rotatable bonds is 11. The van der Waals surface area contributed by atoms with Crippen molar-refractivity contribution in [2.75, 3.05) is 26.3 Å². The first-order chi connectivity index (χ1) is 25.3. The Balaban J connectivity index is 0.959. The predicted octanol–water partition coefficient (Wildman–Crippen LogP) is 6.32. The lowest BCUT2D eigenvalue weighted by molar-refractivity contribution is -0.156. The van der Waals surface area contributed by atoms with E-state index >= 15 is 0 Å². The van der Waals surface area contributed by atoms with E-state index in [1.54, 1.807) is 32.9 Å². The number of fused-ring (bicyclic) bond motifs is 3. The summed E-state index contributed by atoms with van der Waals surface area (Å²) in [5.41, 5.74) is 1.05. The SMILES string of the molecule is CC(C)(C)OC(=O)N1CCC[C@H]1C(=O)OCC(=O)c1ccc(C23CCC(C(=O)COC(=O)[C@@H]4CCCN4C(=O)OCc4ccccc4)(CC2)CC3)cc1. The maximum Gasteiger partial charge on any atom is 0.411 e. The van der Waals surface area contributed by atoms with Crippen LogP contribution in [0.3, 0.4) is 0 Å². The highest BCUT2D eigenvalue weighted by Gasteiger charge is 2.53. The predicted molar refractivity (Wildman–Crippen MR) is 192 cm³/mol. The third-order valence-electron chi connectivity index (χ3n) is 11.5. The summed E-state index contributed by atoms with van der Waals surface area (Å²) in [4.78, 5) is 80.5. The van der Waals surface area contributed by atoms with Crippen LogP contribution in [0.4, 0.5) is 9.59 Å². The minimum Gasteiger partial charge on any atom is -0.456 e. The van der Waals surface area contributed by atoms with Gasteiger partial charge in [0, 0.05) is 24.1 Å². The van der Waals surface area contributed by atoms with E-state index < -0.39 is 53.8 Å². The number of likely N-dealkylation sites (tertiary alicyclic amines) is 2. The number of hydrogen-bond donors (Lipinski definition) is 0. The largest absolute Gasteiger partial charge is 0.456 e. The van der Waals surface area contributed by atoms with E-state index in [1.807, 2.05) is 42.5 Å². The molecule has 2 saturated heterocycles. The molecule has 0 radical (unpaired) electrons. The van der Waals surface area contributed by atoms with E-state index in [-0.39, 0.29) is 30.2 Å². The van der Waals surface area contributed by atoms with E-state index in [1.165, 1.54) is 9.80 Å². The number of carbonyl (C=O) groups excluding carboxylic acids is 6. The lowest BCUT2D eigenvalue weighted by Gasteiger charge is -2.53. The first-order valence-corrected chi connectivity index (χ1v) is 18.8. The molecule has 2 aromatic rings. The molecule has 5 aliphatic rings. The topological polar surface area (TPSA) is 146 Å². The molecule has 3 saturated carbocycles. The fraction of sp³-hybridized carbons (Fsp3) is 0.561. The van der Waals surface area contributed by atoms with Crippen LogP contribution in [0.25, 0.3) is 0 Å². The molecule has 284 valence electrons. The summed E-state index contributed by atoms with van der Waals surface area (Å²) in [6, 6.07) is 15.2. The molecule has 53 heavy (non-hydrogen) atoms. The molecule has 12 nitrogen and oxygen atoms in total.